The molecule has 0 fully saturated rings. The summed E-state index contributed by atoms with van der Waals surface area (Å²) in [5.41, 5.74) is -3.88. The molecule has 9 nitrogen and oxygen atoms in total. The molecule has 2 aliphatic carbocycles. The molecule has 0 amide bonds. The number of carbonyl (C=O) groups is 3. The summed E-state index contributed by atoms with van der Waals surface area (Å²) in [6.07, 6.45) is -5.49. The average molecular weight is 378 g/mol. The fourth-order valence-electron chi connectivity index (χ4n) is 3.51. The van der Waals surface area contributed by atoms with Crippen LogP contribution < -0.4 is 4.74 Å². The fraction of sp³-hybridized carbons (Fsp3) is 0.389. The maximum Gasteiger partial charge on any atom is 0.303 e. The Morgan fingerprint density at radius 3 is 2.33 bits per heavy atom. The third-order valence-corrected chi connectivity index (χ3v) is 4.86. The Morgan fingerprint density at radius 2 is 1.78 bits per heavy atom. The van der Waals surface area contributed by atoms with E-state index in [4.69, 9.17) is 9.47 Å². The summed E-state index contributed by atoms with van der Waals surface area (Å²) >= 11 is 0. The van der Waals surface area contributed by atoms with Gasteiger partial charge >= 0.3 is 5.97 Å². The van der Waals surface area contributed by atoms with Crippen molar-refractivity contribution >= 4 is 17.5 Å². The summed E-state index contributed by atoms with van der Waals surface area (Å²) in [6.45, 7) is 2.11. The summed E-state index contributed by atoms with van der Waals surface area (Å²) < 4.78 is 9.87. The molecule has 27 heavy (non-hydrogen) atoms. The van der Waals surface area contributed by atoms with Gasteiger partial charge in [-0.25, -0.2) is 0 Å². The predicted octanol–water partition coefficient (Wildman–Crippen LogP) is -0.505. The van der Waals surface area contributed by atoms with Gasteiger partial charge in [0.25, 0.3) is 0 Å². The Balaban J connectivity index is 2.24. The van der Waals surface area contributed by atoms with Gasteiger partial charge in [0, 0.05) is 29.7 Å². The number of hydrogen-bond acceptors (Lipinski definition) is 9. The minimum atomic E-state index is -2.24. The first-order valence-electron chi connectivity index (χ1n) is 8.02. The van der Waals surface area contributed by atoms with E-state index < -0.39 is 58.3 Å². The van der Waals surface area contributed by atoms with Gasteiger partial charge in [0.2, 0.25) is 0 Å². The van der Waals surface area contributed by atoms with Crippen molar-refractivity contribution in [2.75, 3.05) is 7.11 Å². The van der Waals surface area contributed by atoms with Gasteiger partial charge in [-0.2, -0.15) is 0 Å². The standard InChI is InChI=1S/C18H18O9/c1-6(19)27-17-15(23)11-12(16(24)18(17,2)25)13(21)8-4-7(26-3)5-9(20)10(8)14(11)22/h4-5,15-17,20,23-25H,1-3H3/t15-,16-,17+,18+/m1/s1. The second kappa shape index (κ2) is 6.15. The highest BCUT2D eigenvalue weighted by Gasteiger charge is 2.57. The lowest BCUT2D eigenvalue weighted by Crippen LogP contribution is -2.63. The van der Waals surface area contributed by atoms with Crippen LogP contribution in [0.1, 0.15) is 34.6 Å². The number of carbonyl (C=O) groups excluding carboxylic acids is 3. The zero-order valence-electron chi connectivity index (χ0n) is 14.7. The van der Waals surface area contributed by atoms with Crippen LogP contribution in [0.4, 0.5) is 0 Å². The molecule has 0 radical (unpaired) electrons. The van der Waals surface area contributed by atoms with Gasteiger partial charge in [-0.1, -0.05) is 0 Å². The number of phenolic OH excluding ortho intramolecular Hbond substituents is 1. The zero-order chi connectivity index (χ0) is 20.3. The first-order chi connectivity index (χ1) is 12.5. The average Bonchev–Trinajstić information content (AvgIpc) is 2.59. The van der Waals surface area contributed by atoms with Gasteiger partial charge in [0.05, 0.1) is 12.7 Å². The number of fused-ring (bicyclic) bond motifs is 1. The monoisotopic (exact) mass is 378 g/mol. The number of esters is 1. The number of Topliss-reactive ketones (excluding diaryl/α,β-unsaturated/α-hetero) is 2. The zero-order valence-corrected chi connectivity index (χ0v) is 14.7. The van der Waals surface area contributed by atoms with Crippen LogP contribution >= 0.6 is 0 Å². The minimum absolute atomic E-state index is 0.104. The molecule has 4 N–H and O–H groups in total. The third kappa shape index (κ3) is 2.62. The highest BCUT2D eigenvalue weighted by atomic mass is 16.6. The molecule has 3 rings (SSSR count). The quantitative estimate of drug-likeness (QED) is 0.499. The maximum atomic E-state index is 12.9. The van der Waals surface area contributed by atoms with Crippen molar-refractivity contribution in [3.63, 3.8) is 0 Å². The van der Waals surface area contributed by atoms with Crippen molar-refractivity contribution in [2.24, 2.45) is 0 Å². The third-order valence-electron chi connectivity index (χ3n) is 4.86. The molecule has 144 valence electrons. The van der Waals surface area contributed by atoms with Crippen LogP contribution in [0.5, 0.6) is 11.5 Å². The number of ketones is 2. The summed E-state index contributed by atoms with van der Waals surface area (Å²) in [5, 5.41) is 41.9. The number of aliphatic hydroxyl groups is 3. The highest BCUT2D eigenvalue weighted by Crippen LogP contribution is 2.44. The summed E-state index contributed by atoms with van der Waals surface area (Å²) in [5.74, 6) is -3.08. The normalized spacial score (nSPS) is 29.9. The van der Waals surface area contributed by atoms with Gasteiger partial charge in [0.1, 0.15) is 29.3 Å². The Morgan fingerprint density at radius 1 is 1.15 bits per heavy atom. The molecule has 0 aromatic heterocycles. The molecule has 4 atom stereocenters. The van der Waals surface area contributed by atoms with E-state index in [-0.39, 0.29) is 16.9 Å². The highest BCUT2D eigenvalue weighted by molar-refractivity contribution is 6.29. The van der Waals surface area contributed by atoms with Crippen molar-refractivity contribution < 1.29 is 44.3 Å². The smallest absolute Gasteiger partial charge is 0.303 e. The van der Waals surface area contributed by atoms with Crippen LogP contribution in [-0.2, 0) is 9.53 Å². The number of rotatable bonds is 2. The summed E-state index contributed by atoms with van der Waals surface area (Å²) in [7, 11) is 1.30. The fourth-order valence-corrected chi connectivity index (χ4v) is 3.51. The molecule has 9 heteroatoms. The largest absolute Gasteiger partial charge is 0.507 e. The van der Waals surface area contributed by atoms with E-state index in [9.17, 15) is 34.8 Å². The van der Waals surface area contributed by atoms with Gasteiger partial charge in [-0.3, -0.25) is 14.4 Å². The van der Waals surface area contributed by atoms with Gasteiger partial charge < -0.3 is 29.9 Å². The molecule has 1 aromatic rings. The van der Waals surface area contributed by atoms with Gasteiger partial charge in [-0.15, -0.1) is 0 Å². The van der Waals surface area contributed by atoms with E-state index in [1.54, 1.807) is 0 Å². The number of aromatic hydroxyl groups is 1. The van der Waals surface area contributed by atoms with Crippen LogP contribution in [0.15, 0.2) is 23.3 Å². The molecule has 1 aromatic carbocycles. The number of hydrogen-bond donors (Lipinski definition) is 4. The number of aliphatic hydroxyl groups excluding tert-OH is 2. The first-order valence-corrected chi connectivity index (χ1v) is 8.02. The number of methoxy groups -OCH3 is 1. The molecule has 0 spiro atoms. The van der Waals surface area contributed by atoms with Gasteiger partial charge in [0.15, 0.2) is 17.7 Å². The van der Waals surface area contributed by atoms with Crippen molar-refractivity contribution in [3.05, 3.63) is 34.4 Å². The molecule has 0 saturated carbocycles. The van der Waals surface area contributed by atoms with Crippen molar-refractivity contribution in [1.82, 2.24) is 0 Å². The van der Waals surface area contributed by atoms with Crippen LogP contribution in [0, 0.1) is 0 Å². The molecule has 0 bridgehead atoms. The lowest BCUT2D eigenvalue weighted by molar-refractivity contribution is -0.191. The van der Waals surface area contributed by atoms with Crippen LogP contribution in [0.2, 0.25) is 0 Å². The van der Waals surface area contributed by atoms with E-state index in [0.717, 1.165) is 19.9 Å². The Bertz CT molecular complexity index is 896. The van der Waals surface area contributed by atoms with E-state index in [1.165, 1.54) is 13.2 Å². The van der Waals surface area contributed by atoms with Crippen molar-refractivity contribution in [2.45, 2.75) is 37.8 Å². The molecule has 0 heterocycles. The maximum absolute atomic E-state index is 12.9. The van der Waals surface area contributed by atoms with Crippen LogP contribution in [-0.4, -0.2) is 69.0 Å². The molecular formula is C18H18O9. The van der Waals surface area contributed by atoms with E-state index in [1.807, 2.05) is 0 Å². The van der Waals surface area contributed by atoms with Crippen LogP contribution in [0.25, 0.3) is 0 Å². The Hall–Kier alpha value is -2.75. The van der Waals surface area contributed by atoms with Crippen molar-refractivity contribution in [3.8, 4) is 11.5 Å². The SMILES string of the molecule is COc1cc(O)c2c(c1)C(=O)C1=C(C2=O)[C@@H](O)[C@H](OC(C)=O)[C@@](C)(O)[C@@H]1O. The second-order valence-corrected chi connectivity index (χ2v) is 6.66. The van der Waals surface area contributed by atoms with Crippen molar-refractivity contribution in [1.29, 1.82) is 0 Å². The number of ether oxygens (including phenoxy) is 2. The molecule has 0 unspecified atom stereocenters. The summed E-state index contributed by atoms with van der Waals surface area (Å²) in [4.78, 5) is 37.2. The van der Waals surface area contributed by atoms with Crippen LogP contribution in [0.3, 0.4) is 0 Å². The Labute approximate surface area is 153 Å². The van der Waals surface area contributed by atoms with E-state index in [2.05, 4.69) is 0 Å². The molecule has 0 aliphatic heterocycles. The van der Waals surface area contributed by atoms with E-state index in [0.29, 0.717) is 0 Å². The molecule has 2 aliphatic rings. The topological polar surface area (TPSA) is 151 Å². The molecular weight excluding hydrogens is 360 g/mol. The summed E-state index contributed by atoms with van der Waals surface area (Å²) in [6, 6.07) is 2.34. The lowest BCUT2D eigenvalue weighted by atomic mass is 9.68. The number of benzene rings is 1. The minimum Gasteiger partial charge on any atom is -0.507 e. The predicted molar refractivity (Wildman–Crippen MR) is 88.5 cm³/mol. The Kier molecular flexibility index (Phi) is 4.34. The number of phenols is 1. The van der Waals surface area contributed by atoms with Gasteiger partial charge in [-0.05, 0) is 13.0 Å². The first kappa shape index (κ1) is 19.0. The molecule has 0 saturated heterocycles. The second-order valence-electron chi connectivity index (χ2n) is 6.66. The van der Waals surface area contributed by atoms with E-state index >= 15 is 0 Å². The lowest BCUT2D eigenvalue weighted by Gasteiger charge is -2.45.